The molecule has 0 aliphatic carbocycles. The predicted molar refractivity (Wildman–Crippen MR) is 75.6 cm³/mol. The zero-order valence-electron chi connectivity index (χ0n) is 11.4. The Labute approximate surface area is 113 Å². The molecule has 102 valence electrons. The number of nitrogens with one attached hydrogen (secondary N) is 1. The molecular formula is C14H21N5. The second kappa shape index (κ2) is 6.99. The molecule has 0 unspecified atom stereocenters. The molecule has 5 nitrogen and oxygen atoms in total. The van der Waals surface area contributed by atoms with E-state index in [0.717, 1.165) is 48.7 Å². The van der Waals surface area contributed by atoms with E-state index >= 15 is 0 Å². The third-order valence-electron chi connectivity index (χ3n) is 3.13. The van der Waals surface area contributed by atoms with Gasteiger partial charge in [-0.05, 0) is 26.3 Å². The van der Waals surface area contributed by atoms with Crippen LogP contribution in [0.1, 0.15) is 37.2 Å². The number of nitrogens with zero attached hydrogens (tertiary/aromatic N) is 3. The average molecular weight is 259 g/mol. The molecule has 0 bridgehead atoms. The zero-order chi connectivity index (χ0) is 13.5. The van der Waals surface area contributed by atoms with E-state index in [0.29, 0.717) is 0 Å². The molecule has 0 aromatic carbocycles. The first-order valence-electron chi connectivity index (χ1n) is 6.83. The summed E-state index contributed by atoms with van der Waals surface area (Å²) < 4.78 is 0. The SMILES string of the molecule is Cc1nccnc1-c1cnc(CCCCCCN)[nH]1. The number of H-pyrrole nitrogens is 1. The highest BCUT2D eigenvalue weighted by Gasteiger charge is 2.07. The van der Waals surface area contributed by atoms with Gasteiger partial charge in [-0.15, -0.1) is 0 Å². The van der Waals surface area contributed by atoms with Gasteiger partial charge in [0.1, 0.15) is 11.5 Å². The van der Waals surface area contributed by atoms with Gasteiger partial charge in [0, 0.05) is 18.8 Å². The molecule has 19 heavy (non-hydrogen) atoms. The van der Waals surface area contributed by atoms with Gasteiger partial charge in [-0.3, -0.25) is 9.97 Å². The highest BCUT2D eigenvalue weighted by molar-refractivity contribution is 5.55. The molecule has 2 rings (SSSR count). The quantitative estimate of drug-likeness (QED) is 0.747. The van der Waals surface area contributed by atoms with Gasteiger partial charge in [0.25, 0.3) is 0 Å². The molecule has 0 saturated heterocycles. The van der Waals surface area contributed by atoms with Gasteiger partial charge in [-0.2, -0.15) is 0 Å². The molecular weight excluding hydrogens is 238 g/mol. The van der Waals surface area contributed by atoms with Gasteiger partial charge in [-0.25, -0.2) is 4.98 Å². The largest absolute Gasteiger partial charge is 0.341 e. The Hall–Kier alpha value is -1.75. The van der Waals surface area contributed by atoms with Gasteiger partial charge < -0.3 is 10.7 Å². The van der Waals surface area contributed by atoms with Crippen LogP contribution in [0.2, 0.25) is 0 Å². The maximum Gasteiger partial charge on any atom is 0.109 e. The van der Waals surface area contributed by atoms with Crippen molar-refractivity contribution in [2.45, 2.75) is 39.0 Å². The number of aryl methyl sites for hydroxylation is 2. The van der Waals surface area contributed by atoms with Gasteiger partial charge in [0.05, 0.1) is 17.6 Å². The molecule has 3 N–H and O–H groups in total. The lowest BCUT2D eigenvalue weighted by atomic mass is 10.1. The number of aromatic amines is 1. The monoisotopic (exact) mass is 259 g/mol. The van der Waals surface area contributed by atoms with Crippen LogP contribution in [0.3, 0.4) is 0 Å². The van der Waals surface area contributed by atoms with Crippen molar-refractivity contribution < 1.29 is 0 Å². The summed E-state index contributed by atoms with van der Waals surface area (Å²) in [7, 11) is 0. The summed E-state index contributed by atoms with van der Waals surface area (Å²) in [6, 6.07) is 0. The summed E-state index contributed by atoms with van der Waals surface area (Å²) in [5.74, 6) is 1.02. The van der Waals surface area contributed by atoms with Gasteiger partial charge in [0.15, 0.2) is 0 Å². The van der Waals surface area contributed by atoms with Gasteiger partial charge in [-0.1, -0.05) is 12.8 Å². The Balaban J connectivity index is 1.91. The van der Waals surface area contributed by atoms with Gasteiger partial charge in [0.2, 0.25) is 0 Å². The first-order valence-corrected chi connectivity index (χ1v) is 6.83. The van der Waals surface area contributed by atoms with Gasteiger partial charge >= 0.3 is 0 Å². The van der Waals surface area contributed by atoms with Crippen molar-refractivity contribution in [2.24, 2.45) is 5.73 Å². The first kappa shape index (κ1) is 13.7. The lowest BCUT2D eigenvalue weighted by Gasteiger charge is -2.00. The van der Waals surface area contributed by atoms with E-state index in [1.807, 2.05) is 13.1 Å². The third kappa shape index (κ3) is 3.86. The van der Waals surface area contributed by atoms with E-state index in [1.165, 1.54) is 12.8 Å². The van der Waals surface area contributed by atoms with E-state index in [1.54, 1.807) is 12.4 Å². The van der Waals surface area contributed by atoms with Crippen LogP contribution in [0, 0.1) is 6.92 Å². The number of nitrogens with two attached hydrogens (primary N) is 1. The van der Waals surface area contributed by atoms with E-state index in [4.69, 9.17) is 5.73 Å². The molecule has 2 heterocycles. The fourth-order valence-electron chi connectivity index (χ4n) is 2.07. The minimum absolute atomic E-state index is 0.789. The van der Waals surface area contributed by atoms with E-state index in [2.05, 4.69) is 19.9 Å². The van der Waals surface area contributed by atoms with Crippen molar-refractivity contribution in [3.8, 4) is 11.4 Å². The van der Waals surface area contributed by atoms with Crippen LogP contribution in [-0.2, 0) is 6.42 Å². The van der Waals surface area contributed by atoms with Crippen LogP contribution >= 0.6 is 0 Å². The Morgan fingerprint density at radius 3 is 2.63 bits per heavy atom. The summed E-state index contributed by atoms with van der Waals surface area (Å²) in [5, 5.41) is 0. The number of rotatable bonds is 7. The van der Waals surface area contributed by atoms with Crippen LogP contribution in [-0.4, -0.2) is 26.5 Å². The fraction of sp³-hybridized carbons (Fsp3) is 0.500. The van der Waals surface area contributed by atoms with Crippen molar-refractivity contribution in [3.05, 3.63) is 30.1 Å². The minimum atomic E-state index is 0.789. The van der Waals surface area contributed by atoms with Crippen molar-refractivity contribution in [1.82, 2.24) is 19.9 Å². The fourth-order valence-corrected chi connectivity index (χ4v) is 2.07. The van der Waals surface area contributed by atoms with Crippen molar-refractivity contribution >= 4 is 0 Å². The zero-order valence-corrected chi connectivity index (χ0v) is 11.4. The second-order valence-electron chi connectivity index (χ2n) is 4.69. The number of hydrogen-bond donors (Lipinski definition) is 2. The Morgan fingerprint density at radius 1 is 1.05 bits per heavy atom. The number of imidazole rings is 1. The Kier molecular flexibility index (Phi) is 5.03. The third-order valence-corrected chi connectivity index (χ3v) is 3.13. The summed E-state index contributed by atoms with van der Waals surface area (Å²) in [6.45, 7) is 2.74. The van der Waals surface area contributed by atoms with E-state index in [-0.39, 0.29) is 0 Å². The summed E-state index contributed by atoms with van der Waals surface area (Å²) in [4.78, 5) is 16.3. The molecule has 2 aromatic heterocycles. The molecule has 5 heteroatoms. The number of aromatic nitrogens is 4. The van der Waals surface area contributed by atoms with Crippen LogP contribution in [0.5, 0.6) is 0 Å². The van der Waals surface area contributed by atoms with Crippen molar-refractivity contribution in [1.29, 1.82) is 0 Å². The van der Waals surface area contributed by atoms with Crippen molar-refractivity contribution in [3.63, 3.8) is 0 Å². The standard InChI is InChI=1S/C14H21N5/c1-11-14(17-9-8-16-11)12-10-18-13(19-12)6-4-2-3-5-7-15/h8-10H,2-7,15H2,1H3,(H,18,19). The normalized spacial score (nSPS) is 10.8. The van der Waals surface area contributed by atoms with Crippen LogP contribution in [0.15, 0.2) is 18.6 Å². The maximum absolute atomic E-state index is 5.47. The van der Waals surface area contributed by atoms with E-state index in [9.17, 15) is 0 Å². The van der Waals surface area contributed by atoms with Crippen LogP contribution < -0.4 is 5.73 Å². The molecule has 0 radical (unpaired) electrons. The predicted octanol–water partition coefficient (Wildman–Crippen LogP) is 2.24. The average Bonchev–Trinajstić information content (AvgIpc) is 2.88. The number of unbranched alkanes of at least 4 members (excludes halogenated alkanes) is 3. The number of hydrogen-bond acceptors (Lipinski definition) is 4. The summed E-state index contributed by atoms with van der Waals surface area (Å²) >= 11 is 0. The highest BCUT2D eigenvalue weighted by Crippen LogP contribution is 2.17. The molecule has 0 fully saturated rings. The molecule has 0 aliphatic rings. The Morgan fingerprint density at radius 2 is 1.84 bits per heavy atom. The molecule has 0 amide bonds. The van der Waals surface area contributed by atoms with Crippen LogP contribution in [0.4, 0.5) is 0 Å². The lowest BCUT2D eigenvalue weighted by Crippen LogP contribution is -1.98. The van der Waals surface area contributed by atoms with Crippen LogP contribution in [0.25, 0.3) is 11.4 Å². The molecule has 0 atom stereocenters. The van der Waals surface area contributed by atoms with E-state index < -0.39 is 0 Å². The molecule has 0 spiro atoms. The Bertz CT molecular complexity index is 506. The summed E-state index contributed by atoms with van der Waals surface area (Å²) in [5.41, 5.74) is 8.22. The van der Waals surface area contributed by atoms with Crippen molar-refractivity contribution in [2.75, 3.05) is 6.54 Å². The minimum Gasteiger partial charge on any atom is -0.341 e. The smallest absolute Gasteiger partial charge is 0.109 e. The first-order chi connectivity index (χ1) is 9.31. The molecule has 0 saturated carbocycles. The molecule has 0 aliphatic heterocycles. The maximum atomic E-state index is 5.47. The summed E-state index contributed by atoms with van der Waals surface area (Å²) in [6.07, 6.45) is 10.9. The molecule has 2 aromatic rings. The topological polar surface area (TPSA) is 80.5 Å². The highest BCUT2D eigenvalue weighted by atomic mass is 14.9. The lowest BCUT2D eigenvalue weighted by molar-refractivity contribution is 0.638. The second-order valence-corrected chi connectivity index (χ2v) is 4.69.